The number of benzene rings is 2. The molecule has 202 valence electrons. The van der Waals surface area contributed by atoms with E-state index >= 15 is 0 Å². The lowest BCUT2D eigenvalue weighted by molar-refractivity contribution is 0.0815. The van der Waals surface area contributed by atoms with Crippen molar-refractivity contribution in [2.75, 3.05) is 39.0 Å². The lowest BCUT2D eigenvalue weighted by Gasteiger charge is -2.41. The van der Waals surface area contributed by atoms with Gasteiger partial charge in [-0.2, -0.15) is 5.10 Å². The molecule has 2 fully saturated rings. The van der Waals surface area contributed by atoms with Gasteiger partial charge in [-0.05, 0) is 75.2 Å². The Morgan fingerprint density at radius 1 is 0.923 bits per heavy atom. The minimum absolute atomic E-state index is 0.277. The molecular weight excluding hydrogens is 492 g/mol. The number of hydrogen-bond acceptors (Lipinski definition) is 8. The standard InChI is InChI=1S/C29H34N8O2/c1-35-13-15-36(16-14-35)21-7-9-22(10-8-21)37-29-25(27(30)32-18-33-29)26(34-37)19-5-11-23(12-6-19)39-24-4-2-3-20(17-24)28(31)38/h2-6,11-12,17-18,21-22H,7-10,13-16H2,1H3,(H2,31,38)(H2,30,32,33). The molecule has 10 heteroatoms. The molecule has 0 bridgehead atoms. The van der Waals surface area contributed by atoms with Crippen LogP contribution < -0.4 is 16.2 Å². The summed E-state index contributed by atoms with van der Waals surface area (Å²) < 4.78 is 8.02. The van der Waals surface area contributed by atoms with Gasteiger partial charge in [0.05, 0.1) is 11.4 Å². The Kier molecular flexibility index (Phi) is 6.88. The number of rotatable bonds is 6. The minimum Gasteiger partial charge on any atom is -0.457 e. The maximum Gasteiger partial charge on any atom is 0.248 e. The van der Waals surface area contributed by atoms with Crippen LogP contribution in [0.15, 0.2) is 54.9 Å². The number of carbonyl (C=O) groups is 1. The summed E-state index contributed by atoms with van der Waals surface area (Å²) in [5.41, 5.74) is 14.6. The molecule has 2 aromatic heterocycles. The first-order chi connectivity index (χ1) is 19.0. The Morgan fingerprint density at radius 2 is 1.64 bits per heavy atom. The van der Waals surface area contributed by atoms with Crippen LogP contribution in [0.1, 0.15) is 42.1 Å². The van der Waals surface area contributed by atoms with Crippen molar-refractivity contribution in [2.45, 2.75) is 37.8 Å². The first-order valence-corrected chi connectivity index (χ1v) is 13.6. The summed E-state index contributed by atoms with van der Waals surface area (Å²) in [7, 11) is 2.20. The van der Waals surface area contributed by atoms with E-state index in [1.165, 1.54) is 6.33 Å². The van der Waals surface area contributed by atoms with Gasteiger partial charge in [0, 0.05) is 43.3 Å². The smallest absolute Gasteiger partial charge is 0.248 e. The Balaban J connectivity index is 1.22. The van der Waals surface area contributed by atoms with E-state index in [1.807, 2.05) is 24.3 Å². The summed E-state index contributed by atoms with van der Waals surface area (Å²) in [6.45, 7) is 4.60. The van der Waals surface area contributed by atoms with Gasteiger partial charge in [0.15, 0.2) is 5.65 Å². The molecule has 6 rings (SSSR count). The highest BCUT2D eigenvalue weighted by Crippen LogP contribution is 2.37. The van der Waals surface area contributed by atoms with E-state index in [0.717, 1.165) is 74.2 Å². The molecule has 1 saturated carbocycles. The molecule has 2 aromatic carbocycles. The van der Waals surface area contributed by atoms with Gasteiger partial charge in [-0.1, -0.05) is 6.07 Å². The zero-order valence-corrected chi connectivity index (χ0v) is 22.2. The second-order valence-corrected chi connectivity index (χ2v) is 10.6. The minimum atomic E-state index is -0.495. The quantitative estimate of drug-likeness (QED) is 0.389. The molecule has 0 unspecified atom stereocenters. The molecular formula is C29H34N8O2. The Hall–Kier alpha value is -4.02. The number of piperazine rings is 1. The topological polar surface area (TPSA) is 128 Å². The third kappa shape index (κ3) is 5.17. The molecule has 1 saturated heterocycles. The predicted molar refractivity (Wildman–Crippen MR) is 151 cm³/mol. The monoisotopic (exact) mass is 526 g/mol. The highest BCUT2D eigenvalue weighted by Gasteiger charge is 2.30. The third-order valence-corrected chi connectivity index (χ3v) is 8.07. The number of primary amides is 1. The molecule has 4 N–H and O–H groups in total. The maximum atomic E-state index is 11.5. The van der Waals surface area contributed by atoms with Gasteiger partial charge in [-0.3, -0.25) is 9.69 Å². The van der Waals surface area contributed by atoms with E-state index in [2.05, 4.69) is 31.5 Å². The fraction of sp³-hybridized carbons (Fsp3) is 0.379. The molecule has 0 radical (unpaired) electrons. The van der Waals surface area contributed by atoms with Crippen LogP contribution in [0.25, 0.3) is 22.3 Å². The fourth-order valence-electron chi connectivity index (χ4n) is 5.84. The van der Waals surface area contributed by atoms with Gasteiger partial charge in [-0.15, -0.1) is 0 Å². The SMILES string of the molecule is CN1CCN(C2CCC(n3nc(-c4ccc(Oc5cccc(C(N)=O)c5)cc4)c4c(N)ncnc43)CC2)CC1. The number of anilines is 1. The van der Waals surface area contributed by atoms with E-state index in [-0.39, 0.29) is 6.04 Å². The zero-order valence-electron chi connectivity index (χ0n) is 22.2. The molecule has 2 aliphatic rings. The summed E-state index contributed by atoms with van der Waals surface area (Å²) in [5.74, 6) is 1.11. The van der Waals surface area contributed by atoms with E-state index < -0.39 is 5.91 Å². The summed E-state index contributed by atoms with van der Waals surface area (Å²) in [6, 6.07) is 15.4. The van der Waals surface area contributed by atoms with Crippen molar-refractivity contribution < 1.29 is 9.53 Å². The summed E-state index contributed by atoms with van der Waals surface area (Å²) >= 11 is 0. The van der Waals surface area contributed by atoms with Crippen molar-refractivity contribution >= 4 is 22.8 Å². The van der Waals surface area contributed by atoms with Crippen LogP contribution in [-0.2, 0) is 0 Å². The van der Waals surface area contributed by atoms with Crippen molar-refractivity contribution in [1.29, 1.82) is 0 Å². The lowest BCUT2D eigenvalue weighted by Crippen LogP contribution is -2.49. The van der Waals surface area contributed by atoms with Gasteiger partial charge < -0.3 is 21.1 Å². The highest BCUT2D eigenvalue weighted by molar-refractivity contribution is 5.98. The lowest BCUT2D eigenvalue weighted by atomic mass is 9.90. The molecule has 1 aliphatic carbocycles. The third-order valence-electron chi connectivity index (χ3n) is 8.07. The Bertz CT molecular complexity index is 1470. The van der Waals surface area contributed by atoms with Crippen LogP contribution >= 0.6 is 0 Å². The number of amides is 1. The van der Waals surface area contributed by atoms with E-state index in [0.29, 0.717) is 28.9 Å². The molecule has 0 spiro atoms. The highest BCUT2D eigenvalue weighted by atomic mass is 16.5. The molecule has 10 nitrogen and oxygen atoms in total. The normalized spacial score (nSPS) is 20.7. The largest absolute Gasteiger partial charge is 0.457 e. The number of nitrogens with zero attached hydrogens (tertiary/aromatic N) is 6. The van der Waals surface area contributed by atoms with Crippen molar-refractivity contribution in [3.63, 3.8) is 0 Å². The Morgan fingerprint density at radius 3 is 2.36 bits per heavy atom. The number of ether oxygens (including phenoxy) is 1. The van der Waals surface area contributed by atoms with Crippen LogP contribution in [0.5, 0.6) is 11.5 Å². The van der Waals surface area contributed by atoms with E-state index in [9.17, 15) is 4.79 Å². The van der Waals surface area contributed by atoms with Crippen molar-refractivity contribution in [1.82, 2.24) is 29.5 Å². The van der Waals surface area contributed by atoms with Crippen LogP contribution in [0.4, 0.5) is 5.82 Å². The molecule has 39 heavy (non-hydrogen) atoms. The number of nitrogen functional groups attached to an aromatic ring is 1. The molecule has 1 amide bonds. The van der Waals surface area contributed by atoms with Crippen LogP contribution in [0.3, 0.4) is 0 Å². The van der Waals surface area contributed by atoms with Crippen molar-refractivity contribution in [3.8, 4) is 22.8 Å². The average molecular weight is 527 g/mol. The average Bonchev–Trinajstić information content (AvgIpc) is 3.35. The summed E-state index contributed by atoms with van der Waals surface area (Å²) in [6.07, 6.45) is 5.97. The maximum absolute atomic E-state index is 11.5. The number of nitrogens with two attached hydrogens (primary N) is 2. The molecule has 3 heterocycles. The fourth-order valence-corrected chi connectivity index (χ4v) is 5.84. The van der Waals surface area contributed by atoms with Gasteiger partial charge in [0.2, 0.25) is 5.91 Å². The first kappa shape index (κ1) is 25.3. The van der Waals surface area contributed by atoms with Crippen molar-refractivity contribution in [3.05, 3.63) is 60.4 Å². The van der Waals surface area contributed by atoms with Gasteiger partial charge >= 0.3 is 0 Å². The summed E-state index contributed by atoms with van der Waals surface area (Å²) in [5, 5.41) is 5.84. The second kappa shape index (κ2) is 10.6. The first-order valence-electron chi connectivity index (χ1n) is 13.6. The van der Waals surface area contributed by atoms with Crippen LogP contribution in [0.2, 0.25) is 0 Å². The van der Waals surface area contributed by atoms with Gasteiger partial charge in [0.25, 0.3) is 0 Å². The van der Waals surface area contributed by atoms with E-state index in [4.69, 9.17) is 21.3 Å². The number of carbonyl (C=O) groups excluding carboxylic acids is 1. The van der Waals surface area contributed by atoms with Crippen LogP contribution in [-0.4, -0.2) is 74.7 Å². The zero-order chi connectivity index (χ0) is 26.9. The molecule has 4 aromatic rings. The number of hydrogen-bond donors (Lipinski definition) is 2. The summed E-state index contributed by atoms with van der Waals surface area (Å²) in [4.78, 5) is 25.4. The van der Waals surface area contributed by atoms with E-state index in [1.54, 1.807) is 24.3 Å². The van der Waals surface area contributed by atoms with Gasteiger partial charge in [-0.25, -0.2) is 14.6 Å². The molecule has 1 aliphatic heterocycles. The Labute approximate surface area is 227 Å². The number of aromatic nitrogens is 4. The molecule has 0 atom stereocenters. The predicted octanol–water partition coefficient (Wildman–Crippen LogP) is 3.70. The van der Waals surface area contributed by atoms with Gasteiger partial charge in [0.1, 0.15) is 29.3 Å². The second-order valence-electron chi connectivity index (χ2n) is 10.6. The number of fused-ring (bicyclic) bond motifs is 1. The van der Waals surface area contributed by atoms with Crippen molar-refractivity contribution in [2.24, 2.45) is 5.73 Å². The van der Waals surface area contributed by atoms with Crippen LogP contribution in [0, 0.1) is 0 Å². The number of likely N-dealkylation sites (N-methyl/N-ethyl adjacent to an activating group) is 1.